The lowest BCUT2D eigenvalue weighted by atomic mass is 9.81. The summed E-state index contributed by atoms with van der Waals surface area (Å²) in [6.07, 6.45) is 2.55. The Kier molecular flexibility index (Phi) is 5.67. The summed E-state index contributed by atoms with van der Waals surface area (Å²) < 4.78 is 0. The molecule has 0 radical (unpaired) electrons. The molecule has 0 bridgehead atoms. The van der Waals surface area contributed by atoms with Crippen LogP contribution < -0.4 is 0 Å². The maximum Gasteiger partial charge on any atom is 0.485 e. The van der Waals surface area contributed by atoms with Gasteiger partial charge in [0.1, 0.15) is 0 Å². The molecule has 4 heteroatoms. The minimum atomic E-state index is -1.39. The quantitative estimate of drug-likeness (QED) is 0.511. The van der Waals surface area contributed by atoms with Gasteiger partial charge in [0.05, 0.1) is 0 Å². The molecule has 2 N–H and O–H groups in total. The first-order chi connectivity index (χ1) is 5.99. The first-order valence-corrected chi connectivity index (χ1v) is 4.56. The summed E-state index contributed by atoms with van der Waals surface area (Å²) in [6.45, 7) is 7.78. The molecule has 74 valence electrons. The highest BCUT2D eigenvalue weighted by Gasteiger charge is 2.08. The molecule has 0 aliphatic rings. The zero-order chi connectivity index (χ0) is 10.4. The van der Waals surface area contributed by atoms with Gasteiger partial charge in [-0.15, -0.1) is 0 Å². The number of rotatable bonds is 4. The molecule has 1 atom stereocenters. The third kappa shape index (κ3) is 4.85. The highest BCUT2D eigenvalue weighted by atomic mass is 16.4. The molecule has 3 nitrogen and oxygen atoms in total. The molecule has 13 heavy (non-hydrogen) atoms. The maximum atomic E-state index is 8.75. The van der Waals surface area contributed by atoms with Crippen LogP contribution in [0.3, 0.4) is 0 Å². The van der Waals surface area contributed by atoms with E-state index in [0.717, 1.165) is 12.1 Å². The SMILES string of the molecule is CCC(C)/C(C)=N\C=C(/C)B(O)O. The van der Waals surface area contributed by atoms with E-state index in [-0.39, 0.29) is 0 Å². The summed E-state index contributed by atoms with van der Waals surface area (Å²) in [5, 5.41) is 17.5. The zero-order valence-electron chi connectivity index (χ0n) is 8.78. The molecule has 0 heterocycles. The van der Waals surface area contributed by atoms with Crippen LogP contribution in [0.4, 0.5) is 0 Å². The zero-order valence-corrected chi connectivity index (χ0v) is 8.78. The molecule has 0 saturated carbocycles. The Morgan fingerprint density at radius 3 is 2.38 bits per heavy atom. The topological polar surface area (TPSA) is 52.8 Å². The molecule has 0 aromatic heterocycles. The Morgan fingerprint density at radius 1 is 1.46 bits per heavy atom. The van der Waals surface area contributed by atoms with Crippen molar-refractivity contribution in [2.45, 2.75) is 34.1 Å². The van der Waals surface area contributed by atoms with Crippen molar-refractivity contribution >= 4 is 12.8 Å². The van der Waals surface area contributed by atoms with Crippen LogP contribution in [0, 0.1) is 5.92 Å². The monoisotopic (exact) mass is 183 g/mol. The van der Waals surface area contributed by atoms with E-state index in [4.69, 9.17) is 10.0 Å². The average Bonchev–Trinajstić information content (AvgIpc) is 2.11. The Labute approximate surface area is 80.3 Å². The van der Waals surface area contributed by atoms with Crippen LogP contribution in [0.5, 0.6) is 0 Å². The van der Waals surface area contributed by atoms with Gasteiger partial charge in [0.25, 0.3) is 0 Å². The van der Waals surface area contributed by atoms with E-state index < -0.39 is 7.12 Å². The smallest absolute Gasteiger partial charge is 0.423 e. The molecule has 0 amide bonds. The first kappa shape index (κ1) is 12.4. The van der Waals surface area contributed by atoms with Gasteiger partial charge < -0.3 is 10.0 Å². The second-order valence-electron chi connectivity index (χ2n) is 3.33. The van der Waals surface area contributed by atoms with E-state index in [1.807, 2.05) is 6.92 Å². The van der Waals surface area contributed by atoms with Crippen LogP contribution in [-0.4, -0.2) is 22.9 Å². The summed E-state index contributed by atoms with van der Waals surface area (Å²) in [6, 6.07) is 0. The lowest BCUT2D eigenvalue weighted by Gasteiger charge is -2.06. The molecule has 0 aromatic carbocycles. The third-order valence-electron chi connectivity index (χ3n) is 2.20. The van der Waals surface area contributed by atoms with Crippen LogP contribution in [-0.2, 0) is 0 Å². The van der Waals surface area contributed by atoms with Gasteiger partial charge in [0.2, 0.25) is 0 Å². The summed E-state index contributed by atoms with van der Waals surface area (Å²) in [5.41, 5.74) is 1.48. The first-order valence-electron chi connectivity index (χ1n) is 4.56. The average molecular weight is 183 g/mol. The van der Waals surface area contributed by atoms with E-state index in [0.29, 0.717) is 11.4 Å². The molecule has 0 aromatic rings. The van der Waals surface area contributed by atoms with Crippen molar-refractivity contribution in [3.8, 4) is 0 Å². The third-order valence-corrected chi connectivity index (χ3v) is 2.20. The Balaban J connectivity index is 4.32. The summed E-state index contributed by atoms with van der Waals surface area (Å²) >= 11 is 0. The van der Waals surface area contributed by atoms with Crippen LogP contribution in [0.15, 0.2) is 16.7 Å². The predicted molar refractivity (Wildman–Crippen MR) is 56.5 cm³/mol. The molecular weight excluding hydrogens is 165 g/mol. The molecule has 1 unspecified atom stereocenters. The second-order valence-corrected chi connectivity index (χ2v) is 3.33. The Bertz CT molecular complexity index is 212. The van der Waals surface area contributed by atoms with Gasteiger partial charge in [-0.2, -0.15) is 0 Å². The van der Waals surface area contributed by atoms with E-state index >= 15 is 0 Å². The molecule has 0 aliphatic carbocycles. The number of hydrogen-bond acceptors (Lipinski definition) is 3. The number of hydrogen-bond donors (Lipinski definition) is 2. The van der Waals surface area contributed by atoms with Gasteiger partial charge in [-0.05, 0) is 31.7 Å². The van der Waals surface area contributed by atoms with Crippen LogP contribution in [0.2, 0.25) is 0 Å². The normalized spacial score (nSPS) is 15.8. The van der Waals surface area contributed by atoms with Gasteiger partial charge >= 0.3 is 7.12 Å². The van der Waals surface area contributed by atoms with Crippen molar-refractivity contribution in [1.82, 2.24) is 0 Å². The van der Waals surface area contributed by atoms with Crippen molar-refractivity contribution < 1.29 is 10.0 Å². The number of allylic oxidation sites excluding steroid dienone is 1. The minimum Gasteiger partial charge on any atom is -0.423 e. The number of nitrogens with zero attached hydrogens (tertiary/aromatic N) is 1. The summed E-state index contributed by atoms with van der Waals surface area (Å²) in [5.74, 6) is 0.444. The molecular formula is C9H18BNO2. The fraction of sp³-hybridized carbons (Fsp3) is 0.667. The highest BCUT2D eigenvalue weighted by molar-refractivity contribution is 6.50. The molecule has 0 aliphatic heterocycles. The highest BCUT2D eigenvalue weighted by Crippen LogP contribution is 2.04. The van der Waals surface area contributed by atoms with E-state index in [1.165, 1.54) is 6.20 Å². The van der Waals surface area contributed by atoms with Crippen LogP contribution >= 0.6 is 0 Å². The standard InChI is InChI=1S/C9H18BNO2/c1-5-7(2)9(4)11-6-8(3)10(12)13/h6-7,12-13H,5H2,1-4H3/b8-6+,11-9-. The van der Waals surface area contributed by atoms with Gasteiger partial charge in [0, 0.05) is 11.9 Å². The van der Waals surface area contributed by atoms with E-state index in [1.54, 1.807) is 6.92 Å². The fourth-order valence-corrected chi connectivity index (χ4v) is 0.693. The Morgan fingerprint density at radius 2 is 2.00 bits per heavy atom. The largest absolute Gasteiger partial charge is 0.485 e. The lowest BCUT2D eigenvalue weighted by molar-refractivity contribution is 0.419. The van der Waals surface area contributed by atoms with Gasteiger partial charge in [-0.3, -0.25) is 4.99 Å². The fourth-order valence-electron chi connectivity index (χ4n) is 0.693. The van der Waals surface area contributed by atoms with Crippen LogP contribution in [0.25, 0.3) is 0 Å². The predicted octanol–water partition coefficient (Wildman–Crippen LogP) is 1.41. The number of aliphatic imine (C=N–C) groups is 1. The maximum absolute atomic E-state index is 8.75. The minimum absolute atomic E-state index is 0.444. The Hall–Kier alpha value is -0.605. The summed E-state index contributed by atoms with van der Waals surface area (Å²) in [7, 11) is -1.39. The van der Waals surface area contributed by atoms with E-state index in [2.05, 4.69) is 18.8 Å². The molecule has 0 rings (SSSR count). The van der Waals surface area contributed by atoms with Crippen molar-refractivity contribution in [2.24, 2.45) is 10.9 Å². The molecule has 0 saturated heterocycles. The second kappa shape index (κ2) is 5.94. The van der Waals surface area contributed by atoms with Gasteiger partial charge in [-0.25, -0.2) is 0 Å². The van der Waals surface area contributed by atoms with Crippen molar-refractivity contribution in [3.05, 3.63) is 11.7 Å². The van der Waals surface area contributed by atoms with Gasteiger partial charge in [-0.1, -0.05) is 13.8 Å². The molecule has 0 spiro atoms. The lowest BCUT2D eigenvalue weighted by Crippen LogP contribution is -2.13. The summed E-state index contributed by atoms with van der Waals surface area (Å²) in [4.78, 5) is 4.15. The molecule has 0 fully saturated rings. The van der Waals surface area contributed by atoms with E-state index in [9.17, 15) is 0 Å². The van der Waals surface area contributed by atoms with Crippen molar-refractivity contribution in [1.29, 1.82) is 0 Å². The van der Waals surface area contributed by atoms with Crippen molar-refractivity contribution in [2.75, 3.05) is 0 Å². The van der Waals surface area contributed by atoms with Crippen molar-refractivity contribution in [3.63, 3.8) is 0 Å². The van der Waals surface area contributed by atoms with Gasteiger partial charge in [0.15, 0.2) is 0 Å². The van der Waals surface area contributed by atoms with Crippen LogP contribution in [0.1, 0.15) is 34.1 Å².